The lowest BCUT2D eigenvalue weighted by atomic mass is 9.95. The summed E-state index contributed by atoms with van der Waals surface area (Å²) in [5, 5.41) is 33.1. The number of ketones is 1. The largest absolute Gasteiger partial charge is 0.507 e. The van der Waals surface area contributed by atoms with Gasteiger partial charge in [-0.1, -0.05) is 71.6 Å². The van der Waals surface area contributed by atoms with E-state index in [0.29, 0.717) is 27.2 Å². The van der Waals surface area contributed by atoms with Crippen LogP contribution in [0.4, 0.5) is 5.13 Å². The first-order chi connectivity index (χ1) is 22.3. The van der Waals surface area contributed by atoms with Crippen molar-refractivity contribution < 1.29 is 34.0 Å². The smallest absolute Gasteiger partial charge is 0.301 e. The summed E-state index contributed by atoms with van der Waals surface area (Å²) in [5.74, 6) is -0.745. The summed E-state index contributed by atoms with van der Waals surface area (Å²) < 4.78 is 16.9. The molecule has 12 heteroatoms. The molecule has 0 unspecified atom stereocenters. The Hall–Kier alpha value is -5.07. The molecule has 1 aromatic heterocycles. The van der Waals surface area contributed by atoms with E-state index < -0.39 is 23.5 Å². The number of aromatic nitrogens is 2. The molecule has 1 aliphatic heterocycles. The highest BCUT2D eigenvalue weighted by Gasteiger charge is 2.48. The number of aliphatic hydroxyl groups excluding tert-OH is 1. The number of hydrogen-bond acceptors (Lipinski definition) is 11. The lowest BCUT2D eigenvalue weighted by molar-refractivity contribution is -0.132. The summed E-state index contributed by atoms with van der Waals surface area (Å²) in [7, 11) is 2.94. The number of thioether (sulfide) groups is 1. The van der Waals surface area contributed by atoms with Gasteiger partial charge in [0.15, 0.2) is 27.3 Å². The number of nitrogens with zero attached hydrogens (tertiary/aromatic N) is 3. The molecule has 46 heavy (non-hydrogen) atoms. The highest BCUT2D eigenvalue weighted by molar-refractivity contribution is 8.00. The van der Waals surface area contributed by atoms with E-state index in [1.165, 1.54) is 54.4 Å². The van der Waals surface area contributed by atoms with Crippen molar-refractivity contribution in [1.29, 1.82) is 0 Å². The summed E-state index contributed by atoms with van der Waals surface area (Å²) in [6, 6.07) is 22.4. The Morgan fingerprint density at radius 3 is 2.50 bits per heavy atom. The van der Waals surface area contributed by atoms with E-state index in [1.54, 1.807) is 31.2 Å². The number of ether oxygens (including phenoxy) is 3. The number of benzene rings is 4. The zero-order chi connectivity index (χ0) is 32.4. The quantitative estimate of drug-likeness (QED) is 0.0549. The molecule has 1 amide bonds. The molecule has 0 spiro atoms. The molecule has 2 N–H and O–H groups in total. The van der Waals surface area contributed by atoms with Crippen LogP contribution in [0.2, 0.25) is 0 Å². The van der Waals surface area contributed by atoms with Crippen LogP contribution in [0.15, 0.2) is 88.8 Å². The topological polar surface area (TPSA) is 131 Å². The second-order valence-electron chi connectivity index (χ2n) is 10.2. The second kappa shape index (κ2) is 13.1. The Morgan fingerprint density at radius 1 is 0.935 bits per heavy atom. The summed E-state index contributed by atoms with van der Waals surface area (Å²) in [6.45, 7) is 2.05. The molecule has 1 saturated heterocycles. The van der Waals surface area contributed by atoms with Gasteiger partial charge in [0.1, 0.15) is 5.76 Å². The fourth-order valence-electron chi connectivity index (χ4n) is 5.37. The van der Waals surface area contributed by atoms with E-state index in [9.17, 15) is 19.8 Å². The van der Waals surface area contributed by atoms with Crippen LogP contribution >= 0.6 is 23.1 Å². The number of anilines is 1. The number of rotatable bonds is 10. The van der Waals surface area contributed by atoms with Gasteiger partial charge in [-0.3, -0.25) is 14.5 Å². The van der Waals surface area contributed by atoms with E-state index in [-0.39, 0.29) is 34.4 Å². The minimum absolute atomic E-state index is 0.106. The molecule has 1 fully saturated rings. The van der Waals surface area contributed by atoms with Gasteiger partial charge in [-0.05, 0) is 59.2 Å². The third-order valence-electron chi connectivity index (χ3n) is 7.53. The number of hydrogen-bond donors (Lipinski definition) is 2. The van der Waals surface area contributed by atoms with Crippen LogP contribution in [-0.2, 0) is 15.3 Å². The lowest BCUT2D eigenvalue weighted by Gasteiger charge is -2.23. The second-order valence-corrected chi connectivity index (χ2v) is 12.4. The van der Waals surface area contributed by atoms with Crippen molar-refractivity contribution in [2.75, 3.05) is 25.7 Å². The predicted octanol–water partition coefficient (Wildman–Crippen LogP) is 6.73. The van der Waals surface area contributed by atoms with Crippen molar-refractivity contribution in [2.45, 2.75) is 23.1 Å². The van der Waals surface area contributed by atoms with Crippen LogP contribution in [-0.4, -0.2) is 52.9 Å². The minimum Gasteiger partial charge on any atom is -0.507 e. The van der Waals surface area contributed by atoms with Crippen LogP contribution in [0.5, 0.6) is 23.0 Å². The van der Waals surface area contributed by atoms with Gasteiger partial charge in [0.2, 0.25) is 5.13 Å². The van der Waals surface area contributed by atoms with Gasteiger partial charge in [-0.15, -0.1) is 10.2 Å². The van der Waals surface area contributed by atoms with Gasteiger partial charge >= 0.3 is 5.91 Å². The standard InChI is InChI=1S/C34H29N3O7S2/c1-4-44-26-16-20(12-14-24(26)38)29-28(30(39)21-13-15-25(42-2)27(17-21)43-3)31(40)32(41)37(29)33-35-36-34(46-33)45-18-22-10-7-9-19-8-5-6-11-23(19)22/h5-17,29,38-39H,4,18H2,1-3H3/t29-/m0/s1. The Kier molecular flexibility index (Phi) is 8.82. The molecule has 234 valence electrons. The van der Waals surface area contributed by atoms with Crippen molar-refractivity contribution in [3.63, 3.8) is 0 Å². The first-order valence-corrected chi connectivity index (χ1v) is 16.1. The molecule has 0 saturated carbocycles. The zero-order valence-electron chi connectivity index (χ0n) is 25.1. The van der Waals surface area contributed by atoms with E-state index in [4.69, 9.17) is 14.2 Å². The molecule has 10 nitrogen and oxygen atoms in total. The van der Waals surface area contributed by atoms with Gasteiger partial charge < -0.3 is 24.4 Å². The van der Waals surface area contributed by atoms with Gasteiger partial charge in [-0.25, -0.2) is 0 Å². The number of fused-ring (bicyclic) bond motifs is 1. The molecule has 0 aliphatic carbocycles. The Balaban J connectivity index is 1.41. The third-order valence-corrected chi connectivity index (χ3v) is 9.64. The number of methoxy groups -OCH3 is 2. The normalized spacial score (nSPS) is 15.8. The van der Waals surface area contributed by atoms with Crippen LogP contribution in [0.25, 0.3) is 16.5 Å². The van der Waals surface area contributed by atoms with Gasteiger partial charge in [-0.2, -0.15) is 0 Å². The van der Waals surface area contributed by atoms with Crippen LogP contribution < -0.4 is 19.1 Å². The summed E-state index contributed by atoms with van der Waals surface area (Å²) in [5.41, 5.74) is 1.63. The zero-order valence-corrected chi connectivity index (χ0v) is 26.7. The molecular formula is C34H29N3O7S2. The molecule has 0 radical (unpaired) electrons. The molecule has 5 aromatic rings. The first kappa shape index (κ1) is 30.9. The molecule has 0 bridgehead atoms. The number of carbonyl (C=O) groups excluding carboxylic acids is 2. The SMILES string of the molecule is CCOc1cc([C@H]2C(=C(O)c3ccc(OC)c(OC)c3)C(=O)C(=O)N2c2nnc(SCc3cccc4ccccc34)s2)ccc1O. The number of phenolic OH excluding ortho intramolecular Hbond substituents is 1. The van der Waals surface area contributed by atoms with E-state index in [0.717, 1.165) is 16.3 Å². The molecule has 1 aliphatic rings. The first-order valence-electron chi connectivity index (χ1n) is 14.3. The molecule has 4 aromatic carbocycles. The molecular weight excluding hydrogens is 627 g/mol. The summed E-state index contributed by atoms with van der Waals surface area (Å²) in [4.78, 5) is 28.6. The number of phenols is 1. The summed E-state index contributed by atoms with van der Waals surface area (Å²) >= 11 is 2.64. The van der Waals surface area contributed by atoms with Crippen LogP contribution in [0.1, 0.15) is 29.7 Å². The van der Waals surface area contributed by atoms with E-state index >= 15 is 0 Å². The Labute approximate surface area is 272 Å². The van der Waals surface area contributed by atoms with Crippen LogP contribution in [0.3, 0.4) is 0 Å². The number of Topliss-reactive ketones (excluding diaryl/α,β-unsaturated/α-hetero) is 1. The van der Waals surface area contributed by atoms with Crippen molar-refractivity contribution in [2.24, 2.45) is 0 Å². The maximum atomic E-state index is 13.7. The monoisotopic (exact) mass is 655 g/mol. The summed E-state index contributed by atoms with van der Waals surface area (Å²) in [6.07, 6.45) is 0. The highest BCUT2D eigenvalue weighted by Crippen LogP contribution is 2.46. The molecule has 2 heterocycles. The van der Waals surface area contributed by atoms with E-state index in [2.05, 4.69) is 34.5 Å². The maximum absolute atomic E-state index is 13.7. The van der Waals surface area contributed by atoms with Crippen molar-refractivity contribution in [3.05, 3.63) is 101 Å². The third kappa shape index (κ3) is 5.72. The van der Waals surface area contributed by atoms with Crippen molar-refractivity contribution in [3.8, 4) is 23.0 Å². The highest BCUT2D eigenvalue weighted by atomic mass is 32.2. The number of aliphatic hydroxyl groups is 1. The average Bonchev–Trinajstić information content (AvgIpc) is 3.65. The molecule has 1 atom stereocenters. The van der Waals surface area contributed by atoms with Crippen molar-refractivity contribution >= 4 is 56.5 Å². The Morgan fingerprint density at radius 2 is 1.72 bits per heavy atom. The minimum atomic E-state index is -1.10. The molecule has 6 rings (SSSR count). The number of carbonyl (C=O) groups is 2. The van der Waals surface area contributed by atoms with Gasteiger partial charge in [0, 0.05) is 11.3 Å². The predicted molar refractivity (Wildman–Crippen MR) is 177 cm³/mol. The number of aromatic hydroxyl groups is 1. The fourth-order valence-corrected chi connectivity index (χ4v) is 7.24. The maximum Gasteiger partial charge on any atom is 0.301 e. The van der Waals surface area contributed by atoms with Gasteiger partial charge in [0.05, 0.1) is 32.4 Å². The lowest BCUT2D eigenvalue weighted by Crippen LogP contribution is -2.29. The van der Waals surface area contributed by atoms with Crippen LogP contribution in [0, 0.1) is 0 Å². The fraction of sp³-hybridized carbons (Fsp3) is 0.176. The van der Waals surface area contributed by atoms with Crippen molar-refractivity contribution in [1.82, 2.24) is 10.2 Å². The average molecular weight is 656 g/mol. The number of amides is 1. The Bertz CT molecular complexity index is 1990. The van der Waals surface area contributed by atoms with E-state index in [1.807, 2.05) is 18.2 Å². The van der Waals surface area contributed by atoms with Gasteiger partial charge in [0.25, 0.3) is 5.78 Å².